The Labute approximate surface area is 297 Å². The van der Waals surface area contributed by atoms with Crippen LogP contribution in [0.25, 0.3) is 11.1 Å². The number of amides is 4. The van der Waals surface area contributed by atoms with Gasteiger partial charge in [0, 0.05) is 24.3 Å². The maximum absolute atomic E-state index is 14.0. The highest BCUT2D eigenvalue weighted by Gasteiger charge is 2.41. The lowest BCUT2D eigenvalue weighted by Crippen LogP contribution is -2.57. The Bertz CT molecular complexity index is 1770. The van der Waals surface area contributed by atoms with Crippen LogP contribution in [0.2, 0.25) is 0 Å². The minimum absolute atomic E-state index is 0.0731. The van der Waals surface area contributed by atoms with Crippen molar-refractivity contribution in [1.29, 1.82) is 0 Å². The van der Waals surface area contributed by atoms with Crippen LogP contribution in [0, 0.1) is 5.92 Å². The van der Waals surface area contributed by atoms with E-state index in [1.807, 2.05) is 48.5 Å². The van der Waals surface area contributed by atoms with Crippen molar-refractivity contribution in [3.63, 3.8) is 0 Å². The first kappa shape index (κ1) is 38.9. The molecule has 15 heteroatoms. The van der Waals surface area contributed by atoms with Crippen molar-refractivity contribution in [2.75, 3.05) is 6.61 Å². The Morgan fingerprint density at radius 2 is 1.33 bits per heavy atom. The standard InChI is InChI=1S/C37H40F2N4O9/c1-20(2)17-29(32(40)46)41-34(48)30(18-21-11-13-22(14-12-21)37(38,39)35(49)50)42-33(47)28(15-16-31(44)45)43-36(51)52-19-27-25-9-5-3-7-23(25)24-8-4-6-10-26(24)27/h3-14,20,27-30H,15-19H2,1-2H3,(H2,40,46)(H,41,48)(H,42,47)(H,43,51)(H,44,45)(H,49,50)/t28-,29-,30-/m0/s1. The first-order valence-corrected chi connectivity index (χ1v) is 16.5. The zero-order valence-electron chi connectivity index (χ0n) is 28.4. The zero-order valence-corrected chi connectivity index (χ0v) is 28.4. The van der Waals surface area contributed by atoms with Gasteiger partial charge in [0.15, 0.2) is 0 Å². The molecule has 0 saturated heterocycles. The van der Waals surface area contributed by atoms with Gasteiger partial charge in [0.25, 0.3) is 0 Å². The largest absolute Gasteiger partial charge is 0.481 e. The van der Waals surface area contributed by atoms with E-state index in [4.69, 9.17) is 15.6 Å². The van der Waals surface area contributed by atoms with Gasteiger partial charge in [-0.15, -0.1) is 0 Å². The number of aliphatic carboxylic acids is 2. The number of halogens is 2. The van der Waals surface area contributed by atoms with Gasteiger partial charge < -0.3 is 36.6 Å². The molecular formula is C37H40F2N4O9. The second-order valence-corrected chi connectivity index (χ2v) is 12.9. The van der Waals surface area contributed by atoms with Crippen LogP contribution in [0.4, 0.5) is 13.6 Å². The maximum atomic E-state index is 14.0. The molecular weight excluding hydrogens is 682 g/mol. The molecule has 1 aliphatic rings. The number of carbonyl (C=O) groups is 6. The molecule has 0 aliphatic heterocycles. The number of alkyl carbamates (subject to hydrolysis) is 1. The van der Waals surface area contributed by atoms with Crippen molar-refractivity contribution in [2.24, 2.45) is 11.7 Å². The molecule has 276 valence electrons. The summed E-state index contributed by atoms with van der Waals surface area (Å²) in [4.78, 5) is 74.8. The topological polar surface area (TPSA) is 214 Å². The van der Waals surface area contributed by atoms with E-state index in [1.54, 1.807) is 13.8 Å². The van der Waals surface area contributed by atoms with Crippen molar-refractivity contribution in [2.45, 2.75) is 69.5 Å². The molecule has 0 radical (unpaired) electrons. The summed E-state index contributed by atoms with van der Waals surface area (Å²) < 4.78 is 33.6. The van der Waals surface area contributed by atoms with Gasteiger partial charge in [-0.3, -0.25) is 19.2 Å². The number of hydrogen-bond acceptors (Lipinski definition) is 7. The summed E-state index contributed by atoms with van der Waals surface area (Å²) in [5, 5.41) is 25.6. The third kappa shape index (κ3) is 9.68. The first-order valence-electron chi connectivity index (χ1n) is 16.5. The van der Waals surface area contributed by atoms with Gasteiger partial charge in [0.1, 0.15) is 24.7 Å². The molecule has 0 bridgehead atoms. The van der Waals surface area contributed by atoms with E-state index in [0.717, 1.165) is 46.5 Å². The second kappa shape index (κ2) is 16.9. The van der Waals surface area contributed by atoms with Gasteiger partial charge in [-0.2, -0.15) is 8.78 Å². The highest BCUT2D eigenvalue weighted by atomic mass is 19.3. The average molecular weight is 723 g/mol. The van der Waals surface area contributed by atoms with Gasteiger partial charge in [0.05, 0.1) is 0 Å². The van der Waals surface area contributed by atoms with Crippen LogP contribution in [0.1, 0.15) is 61.3 Å². The van der Waals surface area contributed by atoms with Crippen LogP contribution in [-0.2, 0) is 41.1 Å². The number of hydrogen-bond donors (Lipinski definition) is 6. The third-order valence-corrected chi connectivity index (χ3v) is 8.62. The van der Waals surface area contributed by atoms with Crippen molar-refractivity contribution >= 4 is 35.8 Å². The fourth-order valence-corrected chi connectivity index (χ4v) is 6.00. The molecule has 52 heavy (non-hydrogen) atoms. The quantitative estimate of drug-likeness (QED) is 0.120. The molecule has 3 aromatic carbocycles. The number of benzene rings is 3. The normalized spacial score (nSPS) is 13.9. The Hall–Kier alpha value is -5.86. The van der Waals surface area contributed by atoms with Crippen LogP contribution in [0.3, 0.4) is 0 Å². The van der Waals surface area contributed by atoms with Crippen molar-refractivity contribution < 1.29 is 52.5 Å². The maximum Gasteiger partial charge on any atom is 0.407 e. The summed E-state index contributed by atoms with van der Waals surface area (Å²) >= 11 is 0. The lowest BCUT2D eigenvalue weighted by Gasteiger charge is -2.25. The van der Waals surface area contributed by atoms with Gasteiger partial charge in [0.2, 0.25) is 17.7 Å². The molecule has 0 saturated carbocycles. The summed E-state index contributed by atoms with van der Waals surface area (Å²) in [6.45, 7) is 3.48. The van der Waals surface area contributed by atoms with Crippen molar-refractivity contribution in [3.8, 4) is 11.1 Å². The molecule has 0 spiro atoms. The smallest absolute Gasteiger partial charge is 0.407 e. The van der Waals surface area contributed by atoms with E-state index in [-0.39, 0.29) is 36.8 Å². The molecule has 3 atom stereocenters. The van der Waals surface area contributed by atoms with E-state index >= 15 is 0 Å². The zero-order chi connectivity index (χ0) is 38.2. The van der Waals surface area contributed by atoms with E-state index < -0.39 is 78.2 Å². The molecule has 4 amide bonds. The number of nitrogens with one attached hydrogen (secondary N) is 3. The third-order valence-electron chi connectivity index (χ3n) is 8.62. The Kier molecular flexibility index (Phi) is 12.7. The van der Waals surface area contributed by atoms with Crippen molar-refractivity contribution in [3.05, 3.63) is 95.1 Å². The highest BCUT2D eigenvalue weighted by molar-refractivity contribution is 5.94. The van der Waals surface area contributed by atoms with Crippen LogP contribution in [0.5, 0.6) is 0 Å². The summed E-state index contributed by atoms with van der Waals surface area (Å²) in [6, 6.07) is 15.2. The summed E-state index contributed by atoms with van der Waals surface area (Å²) in [7, 11) is 0. The number of alkyl halides is 2. The Balaban J connectivity index is 1.53. The molecule has 13 nitrogen and oxygen atoms in total. The Morgan fingerprint density at radius 3 is 1.85 bits per heavy atom. The molecule has 0 unspecified atom stereocenters. The number of primary amides is 1. The molecule has 4 rings (SSSR count). The molecule has 7 N–H and O–H groups in total. The number of carboxylic acids is 2. The molecule has 0 heterocycles. The number of rotatable bonds is 17. The number of nitrogens with two attached hydrogens (primary N) is 1. The fourth-order valence-electron chi connectivity index (χ4n) is 6.00. The Morgan fingerprint density at radius 1 is 0.788 bits per heavy atom. The average Bonchev–Trinajstić information content (AvgIpc) is 3.41. The lowest BCUT2D eigenvalue weighted by molar-refractivity contribution is -0.166. The SMILES string of the molecule is CC(C)C[C@H](NC(=O)[C@H](Cc1ccc(C(F)(F)C(=O)O)cc1)NC(=O)[C@H](CCC(=O)O)NC(=O)OCC1c2ccccc2-c2ccccc21)C(N)=O. The molecule has 0 fully saturated rings. The van der Waals surface area contributed by atoms with Gasteiger partial charge in [-0.25, -0.2) is 9.59 Å². The van der Waals surface area contributed by atoms with Crippen LogP contribution < -0.4 is 21.7 Å². The molecule has 0 aromatic heterocycles. The first-order chi connectivity index (χ1) is 24.6. The minimum Gasteiger partial charge on any atom is -0.481 e. The summed E-state index contributed by atoms with van der Waals surface area (Å²) in [5.41, 5.74) is 8.76. The van der Waals surface area contributed by atoms with Gasteiger partial charge >= 0.3 is 24.0 Å². The van der Waals surface area contributed by atoms with Crippen LogP contribution >= 0.6 is 0 Å². The second-order valence-electron chi connectivity index (χ2n) is 12.9. The van der Waals surface area contributed by atoms with E-state index in [2.05, 4.69) is 16.0 Å². The highest BCUT2D eigenvalue weighted by Crippen LogP contribution is 2.44. The number of ether oxygens (including phenoxy) is 1. The van der Waals surface area contributed by atoms with Crippen LogP contribution in [-0.4, -0.2) is 70.7 Å². The van der Waals surface area contributed by atoms with Crippen LogP contribution in [0.15, 0.2) is 72.8 Å². The van der Waals surface area contributed by atoms with E-state index in [9.17, 15) is 42.7 Å². The number of carbonyl (C=O) groups excluding carboxylic acids is 4. The lowest BCUT2D eigenvalue weighted by atomic mass is 9.98. The van der Waals surface area contributed by atoms with Crippen molar-refractivity contribution in [1.82, 2.24) is 16.0 Å². The summed E-state index contributed by atoms with van der Waals surface area (Å²) in [6.07, 6.45) is -2.13. The van der Waals surface area contributed by atoms with E-state index in [0.29, 0.717) is 0 Å². The number of fused-ring (bicyclic) bond motifs is 3. The molecule has 1 aliphatic carbocycles. The van der Waals surface area contributed by atoms with Gasteiger partial charge in [-0.05, 0) is 46.6 Å². The number of carboxylic acid groups (broad SMARTS) is 2. The summed E-state index contributed by atoms with van der Waals surface area (Å²) in [5.74, 6) is -10.9. The predicted molar refractivity (Wildman–Crippen MR) is 183 cm³/mol. The predicted octanol–water partition coefficient (Wildman–Crippen LogP) is 3.68. The molecule has 3 aromatic rings. The van der Waals surface area contributed by atoms with Gasteiger partial charge in [-0.1, -0.05) is 86.6 Å². The monoisotopic (exact) mass is 722 g/mol. The van der Waals surface area contributed by atoms with E-state index in [1.165, 1.54) is 0 Å². The fraction of sp³-hybridized carbons (Fsp3) is 0.351. The minimum atomic E-state index is -4.18.